The minimum atomic E-state index is -0.211. The summed E-state index contributed by atoms with van der Waals surface area (Å²) >= 11 is 0. The summed E-state index contributed by atoms with van der Waals surface area (Å²) in [5.41, 5.74) is 14.5. The zero-order valence-electron chi connectivity index (χ0n) is 33.2. The van der Waals surface area contributed by atoms with Crippen LogP contribution in [0.1, 0.15) is 25.0 Å². The molecule has 0 fully saturated rings. The van der Waals surface area contributed by atoms with Crippen LogP contribution < -0.4 is 9.80 Å². The van der Waals surface area contributed by atoms with E-state index in [0.717, 1.165) is 34.1 Å². The number of fused-ring (bicyclic) bond motifs is 8. The molecule has 0 aliphatic heterocycles. The molecule has 0 heterocycles. The van der Waals surface area contributed by atoms with Crippen molar-refractivity contribution in [2.75, 3.05) is 9.80 Å². The zero-order chi connectivity index (χ0) is 39.5. The van der Waals surface area contributed by atoms with Crippen molar-refractivity contribution in [1.82, 2.24) is 0 Å². The van der Waals surface area contributed by atoms with Crippen LogP contribution in [-0.4, -0.2) is 0 Å². The maximum atomic E-state index is 2.47. The summed E-state index contributed by atoms with van der Waals surface area (Å²) in [6.45, 7) is 4.78. The molecule has 0 amide bonds. The normalized spacial score (nSPS) is 12.7. The Bertz CT molecular complexity index is 3090. The highest BCUT2D eigenvalue weighted by Crippen LogP contribution is 2.52. The van der Waals surface area contributed by atoms with Crippen molar-refractivity contribution in [2.24, 2.45) is 0 Å². The molecule has 0 bridgehead atoms. The Morgan fingerprint density at radius 1 is 0.322 bits per heavy atom. The summed E-state index contributed by atoms with van der Waals surface area (Å²) < 4.78 is 0. The van der Waals surface area contributed by atoms with Crippen molar-refractivity contribution in [2.45, 2.75) is 19.3 Å². The Kier molecular flexibility index (Phi) is 8.20. The van der Waals surface area contributed by atoms with Gasteiger partial charge in [-0.05, 0) is 139 Å². The maximum absolute atomic E-state index is 2.47. The average molecular weight is 755 g/mol. The van der Waals surface area contributed by atoms with Crippen LogP contribution in [0.5, 0.6) is 0 Å². The predicted octanol–water partition coefficient (Wildman–Crippen LogP) is 16.1. The van der Waals surface area contributed by atoms with E-state index in [1.165, 1.54) is 65.7 Å². The maximum Gasteiger partial charge on any atom is 0.0546 e. The molecule has 1 aliphatic rings. The molecular weight excluding hydrogens is 713 g/mol. The molecule has 0 spiro atoms. The van der Waals surface area contributed by atoms with Gasteiger partial charge in [0, 0.05) is 39.2 Å². The Morgan fingerprint density at radius 3 is 1.32 bits per heavy atom. The van der Waals surface area contributed by atoms with Crippen molar-refractivity contribution in [1.29, 1.82) is 0 Å². The van der Waals surface area contributed by atoms with Crippen LogP contribution in [0, 0.1) is 0 Å². The third-order valence-corrected chi connectivity index (χ3v) is 12.4. The number of nitrogens with zero attached hydrogens (tertiary/aromatic N) is 2. The van der Waals surface area contributed by atoms with E-state index in [4.69, 9.17) is 0 Å². The van der Waals surface area contributed by atoms with Crippen molar-refractivity contribution in [3.8, 4) is 22.3 Å². The van der Waals surface area contributed by atoms with E-state index in [-0.39, 0.29) is 5.41 Å². The quantitative estimate of drug-likeness (QED) is 0.150. The molecule has 0 saturated carbocycles. The summed E-state index contributed by atoms with van der Waals surface area (Å²) in [4.78, 5) is 4.76. The van der Waals surface area contributed by atoms with Gasteiger partial charge in [0.25, 0.3) is 0 Å². The first kappa shape index (κ1) is 34.8. The summed E-state index contributed by atoms with van der Waals surface area (Å²) in [6, 6.07) is 79.8. The van der Waals surface area contributed by atoms with Gasteiger partial charge in [0.15, 0.2) is 0 Å². The topological polar surface area (TPSA) is 6.48 Å². The second-order valence-electron chi connectivity index (χ2n) is 16.1. The molecule has 2 heteroatoms. The van der Waals surface area contributed by atoms with Crippen molar-refractivity contribution < 1.29 is 0 Å². The van der Waals surface area contributed by atoms with E-state index < -0.39 is 0 Å². The number of anilines is 6. The van der Waals surface area contributed by atoms with E-state index in [2.05, 4.69) is 242 Å². The van der Waals surface area contributed by atoms with E-state index in [9.17, 15) is 0 Å². The second-order valence-corrected chi connectivity index (χ2v) is 16.1. The van der Waals surface area contributed by atoms with Gasteiger partial charge in [-0.1, -0.05) is 153 Å². The molecule has 59 heavy (non-hydrogen) atoms. The van der Waals surface area contributed by atoms with Gasteiger partial charge in [-0.25, -0.2) is 0 Å². The van der Waals surface area contributed by atoms with Crippen LogP contribution in [0.2, 0.25) is 0 Å². The molecule has 0 radical (unpaired) electrons. The van der Waals surface area contributed by atoms with Gasteiger partial charge in [-0.2, -0.15) is 0 Å². The highest BCUT2D eigenvalue weighted by Gasteiger charge is 2.36. The number of rotatable bonds is 7. The lowest BCUT2D eigenvalue weighted by molar-refractivity contribution is 0.660. The molecule has 2 nitrogen and oxygen atoms in total. The molecule has 11 rings (SSSR count). The van der Waals surface area contributed by atoms with Crippen LogP contribution in [0.15, 0.2) is 218 Å². The van der Waals surface area contributed by atoms with E-state index >= 15 is 0 Å². The van der Waals surface area contributed by atoms with Crippen molar-refractivity contribution in [3.63, 3.8) is 0 Å². The lowest BCUT2D eigenvalue weighted by Crippen LogP contribution is -2.16. The molecule has 10 aromatic rings. The molecular formula is C57H42N2. The zero-order valence-corrected chi connectivity index (χ0v) is 33.2. The van der Waals surface area contributed by atoms with Gasteiger partial charge in [-0.15, -0.1) is 0 Å². The van der Waals surface area contributed by atoms with Crippen LogP contribution in [0.3, 0.4) is 0 Å². The van der Waals surface area contributed by atoms with E-state index in [1.54, 1.807) is 0 Å². The first-order valence-electron chi connectivity index (χ1n) is 20.5. The Morgan fingerprint density at radius 2 is 0.763 bits per heavy atom. The number of hydrogen-bond donors (Lipinski definition) is 0. The second kappa shape index (κ2) is 13.9. The fraction of sp³-hybridized carbons (Fsp3) is 0.0526. The standard InChI is InChI=1S/C57H42N2/c1-57(2)53-36-39(31-33-47(53)48-34-32-45(38-54(48)57)58(41-19-7-3-8-20-41)42-21-9-4-10-22-42)52-35-40-37-55(59(43-23-11-5-12-24-43)44-25-13-6-14-26-44)49-28-16-18-30-51(49)56(40)50-29-17-15-27-46(50)52/h3-38H,1-2H3. The average Bonchev–Trinajstić information content (AvgIpc) is 3.52. The molecule has 0 aromatic heterocycles. The van der Waals surface area contributed by atoms with E-state index in [0.29, 0.717) is 0 Å². The van der Waals surface area contributed by atoms with Gasteiger partial charge in [-0.3, -0.25) is 0 Å². The molecule has 10 aromatic carbocycles. The highest BCUT2D eigenvalue weighted by atomic mass is 15.1. The lowest BCUT2D eigenvalue weighted by Gasteiger charge is -2.28. The summed E-state index contributed by atoms with van der Waals surface area (Å²) in [6.07, 6.45) is 0. The monoisotopic (exact) mass is 754 g/mol. The molecule has 0 unspecified atom stereocenters. The summed E-state index contributed by atoms with van der Waals surface area (Å²) in [7, 11) is 0. The van der Waals surface area contributed by atoms with Gasteiger partial charge in [0.1, 0.15) is 0 Å². The molecule has 0 N–H and O–H groups in total. The lowest BCUT2D eigenvalue weighted by atomic mass is 9.81. The fourth-order valence-corrected chi connectivity index (χ4v) is 9.60. The van der Waals surface area contributed by atoms with E-state index in [1.807, 2.05) is 0 Å². The number of para-hydroxylation sites is 4. The third-order valence-electron chi connectivity index (χ3n) is 12.4. The van der Waals surface area contributed by atoms with Gasteiger partial charge < -0.3 is 9.80 Å². The first-order valence-corrected chi connectivity index (χ1v) is 20.5. The highest BCUT2D eigenvalue weighted by molar-refractivity contribution is 6.26. The summed E-state index contributed by atoms with van der Waals surface area (Å²) in [5.74, 6) is 0. The minimum Gasteiger partial charge on any atom is -0.310 e. The Labute approximate surface area is 345 Å². The Balaban J connectivity index is 1.08. The number of hydrogen-bond acceptors (Lipinski definition) is 2. The van der Waals surface area contributed by atoms with Gasteiger partial charge in [0.2, 0.25) is 0 Å². The van der Waals surface area contributed by atoms with Crippen molar-refractivity contribution >= 4 is 66.4 Å². The third kappa shape index (κ3) is 5.71. The Hall–Kier alpha value is -7.42. The molecule has 0 atom stereocenters. The van der Waals surface area contributed by atoms with Crippen LogP contribution >= 0.6 is 0 Å². The fourth-order valence-electron chi connectivity index (χ4n) is 9.60. The van der Waals surface area contributed by atoms with Crippen molar-refractivity contribution in [3.05, 3.63) is 230 Å². The number of benzene rings is 10. The smallest absolute Gasteiger partial charge is 0.0546 e. The van der Waals surface area contributed by atoms with Crippen LogP contribution in [0.25, 0.3) is 54.6 Å². The SMILES string of the molecule is CC1(C)c2cc(-c3cc4cc(N(c5ccccc5)c5ccccc5)c5ccccc5c4c4ccccc34)ccc2-c2ccc(N(c3ccccc3)c3ccccc3)cc21. The molecule has 280 valence electrons. The van der Waals surface area contributed by atoms with Crippen LogP contribution in [0.4, 0.5) is 34.1 Å². The van der Waals surface area contributed by atoms with Gasteiger partial charge >= 0.3 is 0 Å². The predicted molar refractivity (Wildman–Crippen MR) is 251 cm³/mol. The van der Waals surface area contributed by atoms with Crippen LogP contribution in [-0.2, 0) is 5.41 Å². The van der Waals surface area contributed by atoms with Gasteiger partial charge in [0.05, 0.1) is 5.69 Å². The molecule has 1 aliphatic carbocycles. The first-order chi connectivity index (χ1) is 29.0. The summed E-state index contributed by atoms with van der Waals surface area (Å²) in [5, 5.41) is 7.51. The minimum absolute atomic E-state index is 0.211. The largest absolute Gasteiger partial charge is 0.310 e. The molecule has 0 saturated heterocycles.